The van der Waals surface area contributed by atoms with Gasteiger partial charge in [0, 0.05) is 8.95 Å². The van der Waals surface area contributed by atoms with Crippen LogP contribution >= 0.6 is 40.1 Å². The molecule has 30 heavy (non-hydrogen) atoms. The second-order valence-corrected chi connectivity index (χ2v) is 8.82. The van der Waals surface area contributed by atoms with Crippen molar-refractivity contribution in [2.45, 2.75) is 0 Å². The summed E-state index contributed by atoms with van der Waals surface area (Å²) >= 11 is 6.77. The van der Waals surface area contributed by atoms with Gasteiger partial charge in [-0.2, -0.15) is 0 Å². The SMILES string of the molecule is O=C(O[PH](=O)OC(=O)c1ccc2ccccc2c1Br)c1ccc2ccccc2c1Br. The Kier molecular flexibility index (Phi) is 6.04. The minimum atomic E-state index is -3.41. The topological polar surface area (TPSA) is 69.7 Å². The zero-order valence-electron chi connectivity index (χ0n) is 15.2. The standard InChI is InChI=1S/C22H13Br2O5P/c23-19-15-7-3-1-5-13(15)9-11-17(19)21(25)28-30(27)29-22(26)18-12-10-14-6-2-4-8-16(14)20(18)24/h1-12,30H. The summed E-state index contributed by atoms with van der Waals surface area (Å²) in [4.78, 5) is 24.9. The third kappa shape index (κ3) is 4.06. The molecule has 0 saturated heterocycles. The molecule has 0 aromatic heterocycles. The smallest absolute Gasteiger partial charge is 0.381 e. The maximum atomic E-state index is 12.5. The van der Waals surface area contributed by atoms with Gasteiger partial charge in [0.2, 0.25) is 0 Å². The molecule has 0 spiro atoms. The lowest BCUT2D eigenvalue weighted by atomic mass is 10.1. The zero-order chi connectivity index (χ0) is 21.3. The lowest BCUT2D eigenvalue weighted by Gasteiger charge is -2.10. The van der Waals surface area contributed by atoms with Gasteiger partial charge in [-0.05, 0) is 65.5 Å². The number of halogens is 2. The van der Waals surface area contributed by atoms with Crippen molar-refractivity contribution in [2.75, 3.05) is 0 Å². The van der Waals surface area contributed by atoms with Crippen LogP contribution in [0.3, 0.4) is 0 Å². The summed E-state index contributed by atoms with van der Waals surface area (Å²) in [5.41, 5.74) is 0.380. The van der Waals surface area contributed by atoms with Gasteiger partial charge in [0.1, 0.15) is 0 Å². The fourth-order valence-electron chi connectivity index (χ4n) is 3.06. The molecule has 0 radical (unpaired) electrons. The summed E-state index contributed by atoms with van der Waals surface area (Å²) in [6, 6.07) is 21.6. The van der Waals surface area contributed by atoms with Crippen LogP contribution in [0, 0.1) is 0 Å². The van der Waals surface area contributed by atoms with Crippen molar-refractivity contribution in [2.24, 2.45) is 0 Å². The molecule has 0 aliphatic rings. The highest BCUT2D eigenvalue weighted by Gasteiger charge is 2.21. The molecular weight excluding hydrogens is 535 g/mol. The van der Waals surface area contributed by atoms with E-state index in [1.807, 2.05) is 48.5 Å². The number of fused-ring (bicyclic) bond motifs is 2. The van der Waals surface area contributed by atoms with Crippen molar-refractivity contribution in [3.63, 3.8) is 0 Å². The molecule has 0 fully saturated rings. The van der Waals surface area contributed by atoms with Crippen molar-refractivity contribution < 1.29 is 23.2 Å². The van der Waals surface area contributed by atoms with Crippen molar-refractivity contribution in [1.29, 1.82) is 0 Å². The van der Waals surface area contributed by atoms with Crippen LogP contribution in [0.2, 0.25) is 0 Å². The highest BCUT2D eigenvalue weighted by atomic mass is 79.9. The molecule has 0 N–H and O–H groups in total. The number of benzene rings is 4. The van der Waals surface area contributed by atoms with Crippen LogP contribution in [0.25, 0.3) is 21.5 Å². The number of hydrogen-bond donors (Lipinski definition) is 0. The molecule has 0 amide bonds. The van der Waals surface area contributed by atoms with Crippen LogP contribution in [-0.4, -0.2) is 11.9 Å². The third-order valence-corrected chi connectivity index (χ3v) is 6.93. The molecule has 150 valence electrons. The van der Waals surface area contributed by atoms with Crippen LogP contribution < -0.4 is 0 Å². The van der Waals surface area contributed by atoms with E-state index in [2.05, 4.69) is 31.9 Å². The van der Waals surface area contributed by atoms with Crippen LogP contribution in [0.1, 0.15) is 20.7 Å². The Bertz CT molecular complexity index is 1230. The van der Waals surface area contributed by atoms with E-state index in [1.54, 1.807) is 24.3 Å². The van der Waals surface area contributed by atoms with Crippen LogP contribution in [0.15, 0.2) is 81.7 Å². The van der Waals surface area contributed by atoms with Gasteiger partial charge in [-0.15, -0.1) is 0 Å². The Labute approximate surface area is 189 Å². The van der Waals surface area contributed by atoms with Crippen molar-refractivity contribution in [1.82, 2.24) is 0 Å². The first-order valence-electron chi connectivity index (χ1n) is 8.78. The molecule has 4 aromatic rings. The molecule has 4 rings (SSSR count). The predicted octanol–water partition coefficient (Wildman–Crippen LogP) is 6.92. The highest BCUT2D eigenvalue weighted by Crippen LogP contribution is 2.34. The first kappa shape index (κ1) is 20.8. The van der Waals surface area contributed by atoms with Gasteiger partial charge in [0.05, 0.1) is 11.1 Å². The molecule has 0 unspecified atom stereocenters. The molecule has 4 aromatic carbocycles. The second-order valence-electron chi connectivity index (χ2n) is 6.33. The number of carbonyl (C=O) groups is 2. The molecule has 8 heteroatoms. The van der Waals surface area contributed by atoms with Crippen LogP contribution in [0.5, 0.6) is 0 Å². The number of hydrogen-bond acceptors (Lipinski definition) is 5. The average Bonchev–Trinajstić information content (AvgIpc) is 2.74. The quantitative estimate of drug-likeness (QED) is 0.259. The van der Waals surface area contributed by atoms with Crippen molar-refractivity contribution in [3.05, 3.63) is 92.9 Å². The lowest BCUT2D eigenvalue weighted by Crippen LogP contribution is -2.06. The summed E-state index contributed by atoms with van der Waals surface area (Å²) in [5, 5.41) is 3.48. The molecule has 0 aliphatic carbocycles. The first-order chi connectivity index (χ1) is 14.5. The van der Waals surface area contributed by atoms with Crippen molar-refractivity contribution >= 4 is 73.6 Å². The van der Waals surface area contributed by atoms with E-state index in [0.717, 1.165) is 21.5 Å². The molecule has 5 nitrogen and oxygen atoms in total. The zero-order valence-corrected chi connectivity index (χ0v) is 19.4. The minimum Gasteiger partial charge on any atom is -0.381 e. The van der Waals surface area contributed by atoms with E-state index >= 15 is 0 Å². The Balaban J connectivity index is 1.51. The number of rotatable bonds is 4. The molecule has 0 saturated carbocycles. The van der Waals surface area contributed by atoms with Gasteiger partial charge in [-0.1, -0.05) is 60.7 Å². The molecule has 0 bridgehead atoms. The highest BCUT2D eigenvalue weighted by molar-refractivity contribution is 9.11. The lowest BCUT2D eigenvalue weighted by molar-refractivity contribution is 0.0653. The van der Waals surface area contributed by atoms with Gasteiger partial charge in [-0.25, -0.2) is 14.2 Å². The molecule has 0 heterocycles. The monoisotopic (exact) mass is 546 g/mol. The van der Waals surface area contributed by atoms with Gasteiger partial charge in [0.15, 0.2) is 0 Å². The summed E-state index contributed by atoms with van der Waals surface area (Å²) in [7, 11) is -3.41. The number of carbonyl (C=O) groups excluding carboxylic acids is 2. The molecule has 0 atom stereocenters. The van der Waals surface area contributed by atoms with Crippen LogP contribution in [0.4, 0.5) is 0 Å². The minimum absolute atomic E-state index is 0.190. The summed E-state index contributed by atoms with van der Waals surface area (Å²) in [5.74, 6) is -1.69. The Hall–Kier alpha value is -2.47. The van der Waals surface area contributed by atoms with Gasteiger partial charge >= 0.3 is 20.2 Å². The molecular formula is C22H13Br2O5P. The van der Waals surface area contributed by atoms with Crippen molar-refractivity contribution in [3.8, 4) is 0 Å². The van der Waals surface area contributed by atoms with E-state index in [9.17, 15) is 14.2 Å². The second kappa shape index (κ2) is 8.72. The van der Waals surface area contributed by atoms with E-state index in [0.29, 0.717) is 8.95 Å². The van der Waals surface area contributed by atoms with Crippen LogP contribution in [-0.2, 0) is 13.6 Å². The predicted molar refractivity (Wildman–Crippen MR) is 123 cm³/mol. The van der Waals surface area contributed by atoms with Gasteiger partial charge < -0.3 is 9.05 Å². The van der Waals surface area contributed by atoms with E-state index < -0.39 is 20.2 Å². The van der Waals surface area contributed by atoms with E-state index in [4.69, 9.17) is 9.05 Å². The largest absolute Gasteiger partial charge is 0.423 e. The van der Waals surface area contributed by atoms with E-state index in [1.165, 1.54) is 0 Å². The normalized spacial score (nSPS) is 11.0. The fourth-order valence-corrected chi connectivity index (χ4v) is 4.94. The third-order valence-electron chi connectivity index (χ3n) is 4.52. The fraction of sp³-hybridized carbons (Fsp3) is 0. The maximum Gasteiger partial charge on any atom is 0.423 e. The molecule has 0 aliphatic heterocycles. The Morgan fingerprint density at radius 1 is 0.633 bits per heavy atom. The van der Waals surface area contributed by atoms with Gasteiger partial charge in [-0.3, -0.25) is 0 Å². The van der Waals surface area contributed by atoms with Gasteiger partial charge in [0.25, 0.3) is 0 Å². The van der Waals surface area contributed by atoms with E-state index in [-0.39, 0.29) is 11.1 Å². The summed E-state index contributed by atoms with van der Waals surface area (Å²) < 4.78 is 23.1. The summed E-state index contributed by atoms with van der Waals surface area (Å²) in [6.07, 6.45) is 0. The Morgan fingerprint density at radius 2 is 1.03 bits per heavy atom. The summed E-state index contributed by atoms with van der Waals surface area (Å²) in [6.45, 7) is 0. The Morgan fingerprint density at radius 3 is 1.47 bits per heavy atom. The average molecular weight is 548 g/mol. The maximum absolute atomic E-state index is 12.5. The first-order valence-corrected chi connectivity index (χ1v) is 11.6.